The van der Waals surface area contributed by atoms with Gasteiger partial charge in [-0.05, 0) is 73.9 Å². The summed E-state index contributed by atoms with van der Waals surface area (Å²) in [6, 6.07) is 12.8. The molecule has 166 valence electrons. The molecule has 4 rings (SSSR count). The van der Waals surface area contributed by atoms with Crippen molar-refractivity contribution in [3.05, 3.63) is 57.7 Å². The van der Waals surface area contributed by atoms with E-state index in [2.05, 4.69) is 50.4 Å². The van der Waals surface area contributed by atoms with E-state index in [4.69, 9.17) is 9.72 Å². The van der Waals surface area contributed by atoms with Crippen LogP contribution in [0.3, 0.4) is 0 Å². The second-order valence-electron chi connectivity index (χ2n) is 8.83. The number of pyridine rings is 1. The molecule has 1 N–H and O–H groups in total. The highest BCUT2D eigenvalue weighted by Gasteiger charge is 2.27. The number of likely N-dealkylation sites (tertiary alicyclic amines) is 1. The Kier molecular flexibility index (Phi) is 7.62. The van der Waals surface area contributed by atoms with Crippen molar-refractivity contribution < 1.29 is 9.53 Å². The predicted octanol–water partition coefficient (Wildman–Crippen LogP) is 4.80. The van der Waals surface area contributed by atoms with Crippen LogP contribution in [0.15, 0.2) is 40.9 Å². The number of nitrogens with one attached hydrogen (secondary N) is 1. The summed E-state index contributed by atoms with van der Waals surface area (Å²) in [5.74, 6) is 1.79. The summed E-state index contributed by atoms with van der Waals surface area (Å²) in [5, 5.41) is 3.44. The van der Waals surface area contributed by atoms with E-state index in [0.29, 0.717) is 12.3 Å². The van der Waals surface area contributed by atoms with Crippen molar-refractivity contribution in [3.63, 3.8) is 0 Å². The first kappa shape index (κ1) is 22.3. The third-order valence-corrected chi connectivity index (χ3v) is 7.06. The molecule has 5 nitrogen and oxygen atoms in total. The number of anilines is 1. The van der Waals surface area contributed by atoms with Crippen LogP contribution in [0.2, 0.25) is 0 Å². The fourth-order valence-corrected chi connectivity index (χ4v) is 5.24. The van der Waals surface area contributed by atoms with E-state index in [1.54, 1.807) is 0 Å². The van der Waals surface area contributed by atoms with E-state index in [-0.39, 0.29) is 11.9 Å². The van der Waals surface area contributed by atoms with Crippen LogP contribution >= 0.6 is 15.9 Å². The zero-order valence-corrected chi connectivity index (χ0v) is 19.9. The Balaban J connectivity index is 1.32. The zero-order chi connectivity index (χ0) is 21.6. The van der Waals surface area contributed by atoms with Crippen molar-refractivity contribution in [2.75, 3.05) is 38.6 Å². The third kappa shape index (κ3) is 6.07. The molecule has 2 aliphatic heterocycles. The molecular weight excluding hydrogens is 454 g/mol. The van der Waals surface area contributed by atoms with Gasteiger partial charge in [-0.1, -0.05) is 34.1 Å². The summed E-state index contributed by atoms with van der Waals surface area (Å²) in [5.41, 5.74) is 3.74. The average Bonchev–Trinajstić information content (AvgIpc) is 3.24. The molecule has 0 spiro atoms. The van der Waals surface area contributed by atoms with Crippen LogP contribution in [0.1, 0.15) is 48.4 Å². The molecule has 2 aliphatic rings. The van der Waals surface area contributed by atoms with Crippen LogP contribution in [-0.2, 0) is 22.4 Å². The predicted molar refractivity (Wildman–Crippen MR) is 127 cm³/mol. The number of carbonyl (C=O) groups excluding carboxylic acids is 1. The van der Waals surface area contributed by atoms with Crippen LogP contribution < -0.4 is 5.32 Å². The molecule has 2 unspecified atom stereocenters. The van der Waals surface area contributed by atoms with Gasteiger partial charge in [0.05, 0.1) is 13.5 Å². The first-order valence-electron chi connectivity index (χ1n) is 11.4. The first-order valence-corrected chi connectivity index (χ1v) is 12.2. The maximum absolute atomic E-state index is 12.0. The van der Waals surface area contributed by atoms with Gasteiger partial charge in [-0.2, -0.15) is 0 Å². The number of halogens is 1. The van der Waals surface area contributed by atoms with Gasteiger partial charge in [0, 0.05) is 35.7 Å². The zero-order valence-electron chi connectivity index (χ0n) is 18.3. The Labute approximate surface area is 193 Å². The monoisotopic (exact) mass is 485 g/mol. The van der Waals surface area contributed by atoms with Gasteiger partial charge in [0.2, 0.25) is 0 Å². The van der Waals surface area contributed by atoms with Gasteiger partial charge in [-0.15, -0.1) is 0 Å². The molecule has 3 heterocycles. The Morgan fingerprint density at radius 1 is 1.35 bits per heavy atom. The average molecular weight is 486 g/mol. The lowest BCUT2D eigenvalue weighted by Gasteiger charge is -2.24. The van der Waals surface area contributed by atoms with Crippen molar-refractivity contribution in [3.8, 4) is 0 Å². The maximum atomic E-state index is 12.0. The molecule has 31 heavy (non-hydrogen) atoms. The molecule has 0 saturated carbocycles. The number of rotatable bonds is 8. The fourth-order valence-electron chi connectivity index (χ4n) is 4.82. The van der Waals surface area contributed by atoms with Gasteiger partial charge >= 0.3 is 5.97 Å². The summed E-state index contributed by atoms with van der Waals surface area (Å²) in [6.07, 6.45) is 6.17. The standard InChI is InChI=1S/C25H32BrN3O2/c1-31-24(30)15-21(20-4-2-6-22(26)14-20)17-29-13-11-18(16-29)7-9-23-10-8-19-5-3-12-27-25(19)28-23/h2,4,6,8,10,14,18,21H,3,5,7,9,11-13,15-17H2,1H3,(H,27,28). The highest BCUT2D eigenvalue weighted by atomic mass is 79.9. The minimum absolute atomic E-state index is 0.146. The van der Waals surface area contributed by atoms with E-state index in [0.717, 1.165) is 49.3 Å². The second-order valence-corrected chi connectivity index (χ2v) is 9.74. The summed E-state index contributed by atoms with van der Waals surface area (Å²) in [7, 11) is 1.47. The normalized spacial score (nSPS) is 19.5. The number of benzene rings is 1. The number of nitrogens with zero attached hydrogens (tertiary/aromatic N) is 2. The lowest BCUT2D eigenvalue weighted by molar-refractivity contribution is -0.141. The number of methoxy groups -OCH3 is 1. The molecule has 1 aromatic heterocycles. The fraction of sp³-hybridized carbons (Fsp3) is 0.520. The molecule has 6 heteroatoms. The number of fused-ring (bicyclic) bond motifs is 1. The van der Waals surface area contributed by atoms with Crippen LogP contribution in [-0.4, -0.2) is 49.1 Å². The Bertz CT molecular complexity index is 904. The topological polar surface area (TPSA) is 54.5 Å². The molecule has 0 aliphatic carbocycles. The van der Waals surface area contributed by atoms with Gasteiger partial charge in [-0.25, -0.2) is 4.98 Å². The van der Waals surface area contributed by atoms with Crippen molar-refractivity contribution in [2.45, 2.75) is 44.4 Å². The summed E-state index contributed by atoms with van der Waals surface area (Å²) >= 11 is 3.56. The number of carbonyl (C=O) groups is 1. The molecule has 1 fully saturated rings. The summed E-state index contributed by atoms with van der Waals surface area (Å²) in [4.78, 5) is 19.4. The molecule has 0 radical (unpaired) electrons. The van der Waals surface area contributed by atoms with Gasteiger partial charge in [0.25, 0.3) is 0 Å². The van der Waals surface area contributed by atoms with Gasteiger partial charge in [0.15, 0.2) is 0 Å². The number of ether oxygens (including phenoxy) is 1. The van der Waals surface area contributed by atoms with Crippen molar-refractivity contribution in [1.29, 1.82) is 0 Å². The van der Waals surface area contributed by atoms with Crippen molar-refractivity contribution in [2.24, 2.45) is 5.92 Å². The van der Waals surface area contributed by atoms with E-state index in [1.165, 1.54) is 43.2 Å². The number of hydrogen-bond acceptors (Lipinski definition) is 5. The second kappa shape index (κ2) is 10.6. The number of hydrogen-bond donors (Lipinski definition) is 1. The van der Waals surface area contributed by atoms with Gasteiger partial charge in [0.1, 0.15) is 5.82 Å². The Morgan fingerprint density at radius 2 is 2.26 bits per heavy atom. The quantitative estimate of drug-likeness (QED) is 0.544. The number of aryl methyl sites for hydroxylation is 2. The molecule has 2 aromatic rings. The van der Waals surface area contributed by atoms with E-state index >= 15 is 0 Å². The van der Waals surface area contributed by atoms with Crippen molar-refractivity contribution >= 4 is 27.7 Å². The molecule has 1 aromatic carbocycles. The first-order chi connectivity index (χ1) is 15.1. The maximum Gasteiger partial charge on any atom is 0.306 e. The Hall–Kier alpha value is -1.92. The van der Waals surface area contributed by atoms with E-state index in [9.17, 15) is 4.79 Å². The number of aromatic nitrogens is 1. The van der Waals surface area contributed by atoms with Gasteiger partial charge in [-0.3, -0.25) is 4.79 Å². The minimum atomic E-state index is -0.146. The lowest BCUT2D eigenvalue weighted by atomic mass is 9.95. The van der Waals surface area contributed by atoms with E-state index < -0.39 is 0 Å². The van der Waals surface area contributed by atoms with Crippen molar-refractivity contribution in [1.82, 2.24) is 9.88 Å². The molecular formula is C25H32BrN3O2. The summed E-state index contributed by atoms with van der Waals surface area (Å²) < 4.78 is 6.01. The SMILES string of the molecule is COC(=O)CC(CN1CCC(CCc2ccc3c(n2)NCCC3)C1)c1cccc(Br)c1. The van der Waals surface area contributed by atoms with E-state index in [1.807, 2.05) is 12.1 Å². The molecule has 0 bridgehead atoms. The van der Waals surface area contributed by atoms with Crippen LogP contribution in [0.4, 0.5) is 5.82 Å². The molecule has 1 saturated heterocycles. The highest BCUT2D eigenvalue weighted by Crippen LogP contribution is 2.29. The van der Waals surface area contributed by atoms with Crippen LogP contribution in [0.5, 0.6) is 0 Å². The largest absolute Gasteiger partial charge is 0.469 e. The highest BCUT2D eigenvalue weighted by molar-refractivity contribution is 9.10. The smallest absolute Gasteiger partial charge is 0.306 e. The minimum Gasteiger partial charge on any atom is -0.469 e. The lowest BCUT2D eigenvalue weighted by Crippen LogP contribution is -2.28. The summed E-state index contributed by atoms with van der Waals surface area (Å²) in [6.45, 7) is 4.11. The molecule has 0 amide bonds. The van der Waals surface area contributed by atoms with Gasteiger partial charge < -0.3 is 15.0 Å². The number of esters is 1. The Morgan fingerprint density at radius 3 is 3.10 bits per heavy atom. The van der Waals surface area contributed by atoms with Crippen LogP contribution in [0.25, 0.3) is 0 Å². The third-order valence-electron chi connectivity index (χ3n) is 6.57. The van der Waals surface area contributed by atoms with Crippen LogP contribution in [0, 0.1) is 5.92 Å². The molecule has 2 atom stereocenters.